The van der Waals surface area contributed by atoms with Gasteiger partial charge in [-0.2, -0.15) is 0 Å². The monoisotopic (exact) mass is 502 g/mol. The minimum Gasteiger partial charge on any atom is -0.492 e. The topological polar surface area (TPSA) is 93.3 Å². The van der Waals surface area contributed by atoms with Crippen molar-refractivity contribution < 1.29 is 23.7 Å². The summed E-state index contributed by atoms with van der Waals surface area (Å²) in [7, 11) is 4.55. The summed E-state index contributed by atoms with van der Waals surface area (Å²) in [6, 6.07) is 9.77. The maximum absolute atomic E-state index is 13.0. The molecule has 0 spiro atoms. The Kier molecular flexibility index (Phi) is 9.53. The first-order chi connectivity index (χ1) is 16.9. The van der Waals surface area contributed by atoms with Crippen LogP contribution in [0.25, 0.3) is 0 Å². The third kappa shape index (κ3) is 6.74. The molecule has 2 aromatic rings. The highest BCUT2D eigenvalue weighted by atomic mass is 32.1. The van der Waals surface area contributed by atoms with E-state index in [4.69, 9.17) is 31.2 Å². The average molecular weight is 503 g/mol. The van der Waals surface area contributed by atoms with E-state index in [1.165, 1.54) is 19.8 Å². The van der Waals surface area contributed by atoms with Crippen molar-refractivity contribution in [3.05, 3.63) is 47.0 Å². The second kappa shape index (κ2) is 12.6. The van der Waals surface area contributed by atoms with Crippen molar-refractivity contribution in [2.45, 2.75) is 26.3 Å². The van der Waals surface area contributed by atoms with Gasteiger partial charge in [0.05, 0.1) is 40.1 Å². The van der Waals surface area contributed by atoms with Crippen molar-refractivity contribution in [1.29, 1.82) is 0 Å². The van der Waals surface area contributed by atoms with Crippen molar-refractivity contribution in [2.75, 3.05) is 52.9 Å². The molecule has 3 rings (SSSR count). The summed E-state index contributed by atoms with van der Waals surface area (Å²) in [6.45, 7) is 8.34. The quantitative estimate of drug-likeness (QED) is 0.371. The van der Waals surface area contributed by atoms with Crippen molar-refractivity contribution in [3.63, 3.8) is 0 Å². The molecule has 0 radical (unpaired) electrons. The molecule has 190 valence electrons. The number of rotatable bonds is 8. The fraction of sp³-hybridized carbons (Fsp3) is 0.440. The number of carbonyl (C=O) groups excluding carboxylic acids is 1. The molecular formula is C25H34N4O5S. The predicted octanol–water partition coefficient (Wildman–Crippen LogP) is 3.30. The van der Waals surface area contributed by atoms with E-state index in [1.54, 1.807) is 13.2 Å². The van der Waals surface area contributed by atoms with Crippen LogP contribution in [0.5, 0.6) is 17.2 Å². The first-order valence-corrected chi connectivity index (χ1v) is 11.9. The van der Waals surface area contributed by atoms with Crippen molar-refractivity contribution >= 4 is 28.9 Å². The number of nitrogens with one attached hydrogen (secondary N) is 3. The minimum absolute atomic E-state index is 0.0956. The second-order valence-corrected chi connectivity index (χ2v) is 8.79. The molecule has 1 fully saturated rings. The molecule has 1 aliphatic heterocycles. The van der Waals surface area contributed by atoms with Gasteiger partial charge in [-0.15, -0.1) is 0 Å². The number of carbonyl (C=O) groups is 1. The summed E-state index contributed by atoms with van der Waals surface area (Å²) in [5.74, 6) is 0.859. The number of ether oxygens (including phenoxy) is 4. The largest absolute Gasteiger partial charge is 0.492 e. The van der Waals surface area contributed by atoms with Crippen LogP contribution >= 0.6 is 12.2 Å². The Morgan fingerprint density at radius 3 is 2.20 bits per heavy atom. The van der Waals surface area contributed by atoms with E-state index >= 15 is 0 Å². The third-order valence-corrected chi connectivity index (χ3v) is 5.91. The van der Waals surface area contributed by atoms with Crippen LogP contribution in [-0.4, -0.2) is 63.6 Å². The van der Waals surface area contributed by atoms with Gasteiger partial charge in [0.2, 0.25) is 5.75 Å². The Hall–Kier alpha value is -3.08. The first kappa shape index (κ1) is 26.5. The highest BCUT2D eigenvalue weighted by Crippen LogP contribution is 2.45. The van der Waals surface area contributed by atoms with Crippen LogP contribution in [-0.2, 0) is 11.3 Å². The van der Waals surface area contributed by atoms with E-state index in [0.717, 1.165) is 44.1 Å². The highest BCUT2D eigenvalue weighted by molar-refractivity contribution is 7.80. The minimum atomic E-state index is -0.422. The van der Waals surface area contributed by atoms with Gasteiger partial charge >= 0.3 is 0 Å². The fourth-order valence-electron chi connectivity index (χ4n) is 3.89. The molecule has 1 amide bonds. The number of hydrazine groups is 1. The van der Waals surface area contributed by atoms with Crippen LogP contribution in [0, 0.1) is 0 Å². The Morgan fingerprint density at radius 2 is 1.63 bits per heavy atom. The van der Waals surface area contributed by atoms with E-state index in [9.17, 15) is 4.79 Å². The summed E-state index contributed by atoms with van der Waals surface area (Å²) < 4.78 is 21.9. The Labute approximate surface area is 212 Å². The number of hydrogen-bond donors (Lipinski definition) is 3. The summed E-state index contributed by atoms with van der Waals surface area (Å²) in [5, 5.41) is 3.33. The lowest BCUT2D eigenvalue weighted by atomic mass is 9.97. The van der Waals surface area contributed by atoms with Gasteiger partial charge in [0.1, 0.15) is 0 Å². The fourth-order valence-corrected chi connectivity index (χ4v) is 4.06. The van der Waals surface area contributed by atoms with Crippen molar-refractivity contribution in [1.82, 2.24) is 15.8 Å². The number of hydrogen-bond acceptors (Lipinski definition) is 7. The van der Waals surface area contributed by atoms with E-state index in [2.05, 4.69) is 33.2 Å². The van der Waals surface area contributed by atoms with Gasteiger partial charge in [-0.05, 0) is 41.9 Å². The molecule has 1 aliphatic rings. The molecule has 0 atom stereocenters. The lowest BCUT2D eigenvalue weighted by Gasteiger charge is -2.26. The summed E-state index contributed by atoms with van der Waals surface area (Å²) in [5.41, 5.74) is 8.53. The van der Waals surface area contributed by atoms with Gasteiger partial charge in [0, 0.05) is 30.9 Å². The van der Waals surface area contributed by atoms with Crippen LogP contribution in [0.1, 0.15) is 41.3 Å². The number of thiocarbonyl (C=S) groups is 1. The van der Waals surface area contributed by atoms with Gasteiger partial charge in [-0.25, -0.2) is 0 Å². The number of nitrogens with zero attached hydrogens (tertiary/aromatic N) is 1. The number of anilines is 1. The van der Waals surface area contributed by atoms with Gasteiger partial charge in [-0.3, -0.25) is 20.5 Å². The molecule has 1 heterocycles. The highest BCUT2D eigenvalue weighted by Gasteiger charge is 2.25. The zero-order valence-electron chi connectivity index (χ0n) is 20.9. The van der Waals surface area contributed by atoms with Gasteiger partial charge in [-0.1, -0.05) is 26.0 Å². The standard InChI is InChI=1S/C25H34N4O5S/c1-16(2)19-14-20(22(32-4)23(33-5)21(19)31-3)24(30)27-28-25(35)26-18-8-6-17(7-9-18)15-29-10-12-34-13-11-29/h6-9,14,16H,10-13,15H2,1-5H3,(H,27,30)(H2,26,28,35). The molecule has 10 heteroatoms. The molecular weight excluding hydrogens is 468 g/mol. The van der Waals surface area contributed by atoms with Crippen LogP contribution in [0.15, 0.2) is 30.3 Å². The van der Waals surface area contributed by atoms with Crippen LogP contribution in [0.4, 0.5) is 5.69 Å². The van der Waals surface area contributed by atoms with Crippen LogP contribution in [0.2, 0.25) is 0 Å². The molecule has 2 aromatic carbocycles. The van der Waals surface area contributed by atoms with E-state index in [-0.39, 0.29) is 16.8 Å². The Balaban J connectivity index is 1.62. The van der Waals surface area contributed by atoms with Gasteiger partial charge in [0.15, 0.2) is 16.6 Å². The molecule has 9 nitrogen and oxygen atoms in total. The zero-order chi connectivity index (χ0) is 25.4. The number of benzene rings is 2. The number of morpholine rings is 1. The molecule has 35 heavy (non-hydrogen) atoms. The molecule has 0 aromatic heterocycles. The lowest BCUT2D eigenvalue weighted by Crippen LogP contribution is -2.43. The molecule has 1 saturated heterocycles. The van der Waals surface area contributed by atoms with E-state index in [0.29, 0.717) is 17.1 Å². The number of amides is 1. The maximum Gasteiger partial charge on any atom is 0.273 e. The molecule has 0 saturated carbocycles. The molecule has 0 unspecified atom stereocenters. The Morgan fingerprint density at radius 1 is 1.00 bits per heavy atom. The summed E-state index contributed by atoms with van der Waals surface area (Å²) in [6.07, 6.45) is 0. The first-order valence-electron chi connectivity index (χ1n) is 11.5. The van der Waals surface area contributed by atoms with Crippen LogP contribution < -0.4 is 30.4 Å². The van der Waals surface area contributed by atoms with Crippen molar-refractivity contribution in [2.24, 2.45) is 0 Å². The number of methoxy groups -OCH3 is 3. The van der Waals surface area contributed by atoms with E-state index < -0.39 is 5.91 Å². The van der Waals surface area contributed by atoms with E-state index in [1.807, 2.05) is 26.0 Å². The SMILES string of the molecule is COc1c(C(=O)NNC(=S)Nc2ccc(CN3CCOCC3)cc2)cc(C(C)C)c(OC)c1OC. The molecule has 0 bridgehead atoms. The second-order valence-electron chi connectivity index (χ2n) is 8.39. The molecule has 3 N–H and O–H groups in total. The molecule has 0 aliphatic carbocycles. The Bertz CT molecular complexity index is 1020. The van der Waals surface area contributed by atoms with Crippen molar-refractivity contribution in [3.8, 4) is 17.2 Å². The summed E-state index contributed by atoms with van der Waals surface area (Å²) in [4.78, 5) is 15.4. The normalized spacial score (nSPS) is 13.8. The van der Waals surface area contributed by atoms with Crippen LogP contribution in [0.3, 0.4) is 0 Å². The average Bonchev–Trinajstić information content (AvgIpc) is 2.87. The van der Waals surface area contributed by atoms with Gasteiger partial charge < -0.3 is 24.3 Å². The lowest BCUT2D eigenvalue weighted by molar-refractivity contribution is 0.0342. The third-order valence-electron chi connectivity index (χ3n) is 5.71. The van der Waals surface area contributed by atoms with Gasteiger partial charge in [0.25, 0.3) is 5.91 Å². The smallest absolute Gasteiger partial charge is 0.273 e. The maximum atomic E-state index is 13.0. The zero-order valence-corrected chi connectivity index (χ0v) is 21.7. The summed E-state index contributed by atoms with van der Waals surface area (Å²) >= 11 is 5.35. The predicted molar refractivity (Wildman–Crippen MR) is 140 cm³/mol.